The molecule has 0 saturated carbocycles. The van der Waals surface area contributed by atoms with Crippen LogP contribution in [0.3, 0.4) is 0 Å². The van der Waals surface area contributed by atoms with E-state index in [0.29, 0.717) is 25.7 Å². The molecule has 1 aliphatic rings. The normalized spacial score (nSPS) is 17.6. The van der Waals surface area contributed by atoms with Crippen LogP contribution in [-0.4, -0.2) is 83.8 Å². The van der Waals surface area contributed by atoms with Crippen molar-refractivity contribution in [3.05, 3.63) is 29.8 Å². The van der Waals surface area contributed by atoms with Crippen molar-refractivity contribution < 1.29 is 17.9 Å². The molecule has 1 saturated heterocycles. The van der Waals surface area contributed by atoms with Gasteiger partial charge in [-0.15, -0.1) is 0 Å². The molecule has 1 aliphatic heterocycles. The number of nitrogens with one attached hydrogen (secondary N) is 2. The van der Waals surface area contributed by atoms with Gasteiger partial charge >= 0.3 is 0 Å². The first kappa shape index (κ1) is 23.4. The molecule has 1 fully saturated rings. The summed E-state index contributed by atoms with van der Waals surface area (Å²) in [7, 11) is 0.153. The molecule has 1 aromatic rings. The van der Waals surface area contributed by atoms with Gasteiger partial charge in [0.25, 0.3) is 0 Å². The Balaban J connectivity index is 2.07. The zero-order valence-corrected chi connectivity index (χ0v) is 18.9. The van der Waals surface area contributed by atoms with Crippen LogP contribution in [0.4, 0.5) is 0 Å². The summed E-state index contributed by atoms with van der Waals surface area (Å²) in [6.07, 6.45) is 1.25. The van der Waals surface area contributed by atoms with Gasteiger partial charge in [-0.25, -0.2) is 8.42 Å². The number of sulfone groups is 1. The Hall–Kier alpha value is -1.84. The third-order valence-corrected chi connectivity index (χ3v) is 7.51. The van der Waals surface area contributed by atoms with Gasteiger partial charge in [-0.05, 0) is 31.5 Å². The summed E-state index contributed by atoms with van der Waals surface area (Å²) < 4.78 is 33.8. The highest BCUT2D eigenvalue weighted by Crippen LogP contribution is 2.23. The Kier molecular flexibility index (Phi) is 8.30. The number of ether oxygens (including phenoxy) is 2. The molecule has 0 bridgehead atoms. The molecular weight excluding hydrogens is 392 g/mol. The Bertz CT molecular complexity index is 772. The van der Waals surface area contributed by atoms with Crippen LogP contribution < -0.4 is 15.4 Å². The highest BCUT2D eigenvalue weighted by Gasteiger charge is 2.30. The molecule has 0 aliphatic carbocycles. The van der Waals surface area contributed by atoms with Gasteiger partial charge in [0.2, 0.25) is 0 Å². The maximum absolute atomic E-state index is 11.9. The lowest BCUT2D eigenvalue weighted by Crippen LogP contribution is -2.50. The van der Waals surface area contributed by atoms with Crippen molar-refractivity contribution in [3.63, 3.8) is 0 Å². The number of nitrogens with zero attached hydrogens (tertiary/aromatic N) is 2. The standard InChI is InChI=1S/C20H34N4O4S/c1-20(2,29(5,25)26)15-23-19(21-3)22-14-18(24-10-12-28-13-11-24)16-6-8-17(27-4)9-7-16/h6-9,18H,10-15H2,1-5H3,(H2,21,22,23). The third kappa shape index (κ3) is 6.58. The minimum absolute atomic E-state index is 0.131. The zero-order valence-electron chi connectivity index (χ0n) is 18.1. The van der Waals surface area contributed by atoms with Gasteiger partial charge in [0.15, 0.2) is 15.8 Å². The maximum Gasteiger partial charge on any atom is 0.191 e. The number of hydrogen-bond donors (Lipinski definition) is 2. The van der Waals surface area contributed by atoms with Gasteiger partial charge in [0.1, 0.15) is 5.75 Å². The minimum atomic E-state index is -3.18. The Labute approximate surface area is 174 Å². The molecular formula is C20H34N4O4S. The van der Waals surface area contributed by atoms with E-state index in [2.05, 4.69) is 32.7 Å². The van der Waals surface area contributed by atoms with Crippen LogP contribution in [0, 0.1) is 0 Å². The fourth-order valence-corrected chi connectivity index (χ4v) is 3.35. The number of hydrogen-bond acceptors (Lipinski definition) is 6. The third-order valence-electron chi connectivity index (χ3n) is 5.36. The summed E-state index contributed by atoms with van der Waals surface area (Å²) in [5.41, 5.74) is 1.17. The van der Waals surface area contributed by atoms with Crippen LogP contribution in [0.5, 0.6) is 5.75 Å². The summed E-state index contributed by atoms with van der Waals surface area (Å²) in [6, 6.07) is 8.20. The first-order chi connectivity index (χ1) is 13.7. The van der Waals surface area contributed by atoms with E-state index in [-0.39, 0.29) is 12.6 Å². The first-order valence-electron chi connectivity index (χ1n) is 9.78. The molecule has 2 rings (SSSR count). The van der Waals surface area contributed by atoms with Gasteiger partial charge in [0, 0.05) is 39.5 Å². The lowest BCUT2D eigenvalue weighted by atomic mass is 10.0. The van der Waals surface area contributed by atoms with Crippen molar-refractivity contribution in [2.45, 2.75) is 24.6 Å². The summed E-state index contributed by atoms with van der Waals surface area (Å²) >= 11 is 0. The average Bonchev–Trinajstić information content (AvgIpc) is 2.70. The Morgan fingerprint density at radius 3 is 2.38 bits per heavy atom. The number of benzene rings is 1. The molecule has 0 aromatic heterocycles. The van der Waals surface area contributed by atoms with Crippen molar-refractivity contribution in [1.82, 2.24) is 15.5 Å². The van der Waals surface area contributed by atoms with Crippen molar-refractivity contribution in [3.8, 4) is 5.75 Å². The van der Waals surface area contributed by atoms with Crippen molar-refractivity contribution >= 4 is 15.8 Å². The molecule has 0 radical (unpaired) electrons. The zero-order chi connectivity index (χ0) is 21.5. The summed E-state index contributed by atoms with van der Waals surface area (Å²) in [4.78, 5) is 6.63. The van der Waals surface area contributed by atoms with Crippen LogP contribution in [-0.2, 0) is 14.6 Å². The fourth-order valence-electron chi connectivity index (χ4n) is 3.01. The van der Waals surface area contributed by atoms with Crippen molar-refractivity contribution in [2.24, 2.45) is 4.99 Å². The Morgan fingerprint density at radius 2 is 1.86 bits per heavy atom. The van der Waals surface area contributed by atoms with Crippen molar-refractivity contribution in [1.29, 1.82) is 0 Å². The van der Waals surface area contributed by atoms with Gasteiger partial charge in [-0.2, -0.15) is 0 Å². The number of rotatable bonds is 8. The average molecular weight is 427 g/mol. The molecule has 8 nitrogen and oxygen atoms in total. The topological polar surface area (TPSA) is 92.3 Å². The largest absolute Gasteiger partial charge is 0.497 e. The molecule has 1 aromatic carbocycles. The monoisotopic (exact) mass is 426 g/mol. The lowest BCUT2D eigenvalue weighted by molar-refractivity contribution is 0.0170. The van der Waals surface area contributed by atoms with E-state index in [9.17, 15) is 8.42 Å². The molecule has 1 unspecified atom stereocenters. The molecule has 0 amide bonds. The van der Waals surface area contributed by atoms with Gasteiger partial charge < -0.3 is 20.1 Å². The Morgan fingerprint density at radius 1 is 1.24 bits per heavy atom. The van der Waals surface area contributed by atoms with Crippen LogP contribution in [0.25, 0.3) is 0 Å². The van der Waals surface area contributed by atoms with E-state index < -0.39 is 14.6 Å². The summed E-state index contributed by atoms with van der Waals surface area (Å²) in [6.45, 7) is 7.44. The van der Waals surface area contributed by atoms with E-state index in [0.717, 1.165) is 18.8 Å². The number of guanidine groups is 1. The maximum atomic E-state index is 11.9. The van der Waals surface area contributed by atoms with Crippen molar-refractivity contribution in [2.75, 3.05) is 59.8 Å². The molecule has 9 heteroatoms. The van der Waals surface area contributed by atoms with E-state index in [4.69, 9.17) is 9.47 Å². The molecule has 164 valence electrons. The summed E-state index contributed by atoms with van der Waals surface area (Å²) in [5, 5.41) is 6.49. The number of morpholine rings is 1. The second-order valence-electron chi connectivity index (χ2n) is 7.78. The fraction of sp³-hybridized carbons (Fsp3) is 0.650. The predicted molar refractivity (Wildman–Crippen MR) is 116 cm³/mol. The minimum Gasteiger partial charge on any atom is -0.497 e. The highest BCUT2D eigenvalue weighted by molar-refractivity contribution is 7.92. The number of aliphatic imine (C=N–C) groups is 1. The predicted octanol–water partition coefficient (Wildman–Crippen LogP) is 1.06. The van der Waals surface area contributed by atoms with E-state index in [1.54, 1.807) is 28.0 Å². The second-order valence-corrected chi connectivity index (χ2v) is 10.4. The van der Waals surface area contributed by atoms with E-state index >= 15 is 0 Å². The SMILES string of the molecule is CN=C(NCC(c1ccc(OC)cc1)N1CCOCC1)NCC(C)(C)S(C)(=O)=O. The van der Waals surface area contributed by atoms with Crippen LogP contribution >= 0.6 is 0 Å². The van der Waals surface area contributed by atoms with Crippen LogP contribution in [0.1, 0.15) is 25.5 Å². The molecule has 1 atom stereocenters. The highest BCUT2D eigenvalue weighted by atomic mass is 32.2. The van der Waals surface area contributed by atoms with Gasteiger partial charge in [-0.3, -0.25) is 9.89 Å². The van der Waals surface area contributed by atoms with Crippen LogP contribution in [0.15, 0.2) is 29.3 Å². The molecule has 0 spiro atoms. The quantitative estimate of drug-likeness (QED) is 0.474. The molecule has 2 N–H and O–H groups in total. The molecule has 29 heavy (non-hydrogen) atoms. The lowest BCUT2D eigenvalue weighted by Gasteiger charge is -2.35. The van der Waals surface area contributed by atoms with Crippen LogP contribution in [0.2, 0.25) is 0 Å². The first-order valence-corrected chi connectivity index (χ1v) is 11.7. The van der Waals surface area contributed by atoms with E-state index in [1.807, 2.05) is 12.1 Å². The van der Waals surface area contributed by atoms with E-state index in [1.165, 1.54) is 11.8 Å². The van der Waals surface area contributed by atoms with Gasteiger partial charge in [-0.1, -0.05) is 12.1 Å². The number of methoxy groups -OCH3 is 1. The smallest absolute Gasteiger partial charge is 0.191 e. The summed E-state index contributed by atoms with van der Waals surface area (Å²) in [5.74, 6) is 1.40. The van der Waals surface area contributed by atoms with Gasteiger partial charge in [0.05, 0.1) is 31.1 Å². The second kappa shape index (κ2) is 10.3. The molecule has 1 heterocycles.